The van der Waals surface area contributed by atoms with E-state index >= 15 is 0 Å². The SMILES string of the molecule is Cc1ccc(N2CCN(C(=O)Cc3cc(Cl)ccc3F)CC2c2ccc(Cl)cc2)c(Cl)c1. The van der Waals surface area contributed by atoms with E-state index < -0.39 is 5.82 Å². The molecule has 0 saturated carbocycles. The van der Waals surface area contributed by atoms with Crippen molar-refractivity contribution < 1.29 is 9.18 Å². The molecule has 0 aromatic heterocycles. The summed E-state index contributed by atoms with van der Waals surface area (Å²) in [7, 11) is 0. The standard InChI is InChI=1S/C25H22Cl3FN2O/c1-16-2-9-23(21(28)12-16)31-11-10-30(15-24(31)17-3-5-19(26)6-4-17)25(32)14-18-13-20(27)7-8-22(18)29/h2-9,12-13,24H,10-11,14-15H2,1H3. The Morgan fingerprint density at radius 3 is 2.41 bits per heavy atom. The van der Waals surface area contributed by atoms with Gasteiger partial charge in [-0.25, -0.2) is 4.39 Å². The van der Waals surface area contributed by atoms with Gasteiger partial charge in [0.1, 0.15) is 5.82 Å². The summed E-state index contributed by atoms with van der Waals surface area (Å²) in [6.45, 7) is 3.56. The minimum Gasteiger partial charge on any atom is -0.360 e. The van der Waals surface area contributed by atoms with Crippen LogP contribution in [0.3, 0.4) is 0 Å². The van der Waals surface area contributed by atoms with Crippen LogP contribution in [0.25, 0.3) is 0 Å². The first-order chi connectivity index (χ1) is 15.3. The highest BCUT2D eigenvalue weighted by Crippen LogP contribution is 2.36. The van der Waals surface area contributed by atoms with Crippen LogP contribution < -0.4 is 4.90 Å². The van der Waals surface area contributed by atoms with E-state index in [-0.39, 0.29) is 18.4 Å². The maximum atomic E-state index is 14.2. The molecule has 0 radical (unpaired) electrons. The average molecular weight is 492 g/mol. The number of piperazine rings is 1. The van der Waals surface area contributed by atoms with Crippen LogP contribution >= 0.6 is 34.8 Å². The molecular weight excluding hydrogens is 470 g/mol. The highest BCUT2D eigenvalue weighted by Gasteiger charge is 2.32. The molecule has 0 aliphatic carbocycles. The van der Waals surface area contributed by atoms with Gasteiger partial charge in [-0.1, -0.05) is 53.0 Å². The molecule has 166 valence electrons. The van der Waals surface area contributed by atoms with Crippen LogP contribution in [0.15, 0.2) is 60.7 Å². The van der Waals surface area contributed by atoms with Crippen molar-refractivity contribution in [2.75, 3.05) is 24.5 Å². The lowest BCUT2D eigenvalue weighted by atomic mass is 10.00. The van der Waals surface area contributed by atoms with Gasteiger partial charge >= 0.3 is 0 Å². The highest BCUT2D eigenvalue weighted by atomic mass is 35.5. The number of hydrogen-bond acceptors (Lipinski definition) is 2. The number of halogens is 4. The molecule has 3 nitrogen and oxygen atoms in total. The van der Waals surface area contributed by atoms with Crippen molar-refractivity contribution >= 4 is 46.4 Å². The van der Waals surface area contributed by atoms with Gasteiger partial charge < -0.3 is 9.80 Å². The molecule has 0 N–H and O–H groups in total. The number of benzene rings is 3. The van der Waals surface area contributed by atoms with Gasteiger partial charge in [0.25, 0.3) is 0 Å². The molecule has 7 heteroatoms. The zero-order chi connectivity index (χ0) is 22.8. The summed E-state index contributed by atoms with van der Waals surface area (Å²) in [5.41, 5.74) is 3.33. The third-order valence-corrected chi connectivity index (χ3v) is 6.54. The van der Waals surface area contributed by atoms with E-state index in [2.05, 4.69) is 4.90 Å². The molecule has 1 fully saturated rings. The Kier molecular flexibility index (Phi) is 6.94. The van der Waals surface area contributed by atoms with E-state index in [9.17, 15) is 9.18 Å². The number of carbonyl (C=O) groups excluding carboxylic acids is 1. The highest BCUT2D eigenvalue weighted by molar-refractivity contribution is 6.33. The second kappa shape index (κ2) is 9.70. The number of aryl methyl sites for hydroxylation is 1. The molecule has 1 aliphatic rings. The lowest BCUT2D eigenvalue weighted by molar-refractivity contribution is -0.131. The fourth-order valence-corrected chi connectivity index (χ4v) is 4.73. The maximum Gasteiger partial charge on any atom is 0.227 e. The Bertz CT molecular complexity index is 1140. The van der Waals surface area contributed by atoms with Crippen LogP contribution in [-0.4, -0.2) is 30.4 Å². The van der Waals surface area contributed by atoms with E-state index in [4.69, 9.17) is 34.8 Å². The molecule has 3 aromatic carbocycles. The first-order valence-electron chi connectivity index (χ1n) is 10.3. The molecule has 1 atom stereocenters. The Balaban J connectivity index is 1.61. The zero-order valence-electron chi connectivity index (χ0n) is 17.5. The number of rotatable bonds is 4. The lowest BCUT2D eigenvalue weighted by Gasteiger charge is -2.43. The predicted octanol–water partition coefficient (Wildman–Crippen LogP) is 6.73. The molecule has 1 heterocycles. The number of hydrogen-bond donors (Lipinski definition) is 0. The van der Waals surface area contributed by atoms with Crippen LogP contribution in [0.2, 0.25) is 15.1 Å². The number of anilines is 1. The van der Waals surface area contributed by atoms with E-state index in [1.54, 1.807) is 4.90 Å². The largest absolute Gasteiger partial charge is 0.360 e. The Hall–Kier alpha value is -2.27. The van der Waals surface area contributed by atoms with Crippen molar-refractivity contribution in [2.45, 2.75) is 19.4 Å². The summed E-state index contributed by atoms with van der Waals surface area (Å²) in [6, 6.07) is 17.8. The van der Waals surface area contributed by atoms with Crippen LogP contribution in [0.5, 0.6) is 0 Å². The monoisotopic (exact) mass is 490 g/mol. The minimum absolute atomic E-state index is 0.0367. The second-order valence-electron chi connectivity index (χ2n) is 7.97. The van der Waals surface area contributed by atoms with Gasteiger partial charge in [-0.3, -0.25) is 4.79 Å². The minimum atomic E-state index is -0.429. The average Bonchev–Trinajstić information content (AvgIpc) is 2.76. The fourth-order valence-electron chi connectivity index (χ4n) is 4.07. The van der Waals surface area contributed by atoms with Crippen molar-refractivity contribution in [1.29, 1.82) is 0 Å². The Labute approximate surface area is 202 Å². The van der Waals surface area contributed by atoms with Crippen molar-refractivity contribution in [3.8, 4) is 0 Å². The maximum absolute atomic E-state index is 14.2. The molecule has 1 saturated heterocycles. The molecule has 1 amide bonds. The summed E-state index contributed by atoms with van der Waals surface area (Å²) < 4.78 is 14.2. The summed E-state index contributed by atoms with van der Waals surface area (Å²) >= 11 is 18.7. The van der Waals surface area contributed by atoms with Gasteiger partial charge in [-0.05, 0) is 66.1 Å². The van der Waals surface area contributed by atoms with Crippen LogP contribution in [0.1, 0.15) is 22.7 Å². The van der Waals surface area contributed by atoms with Crippen LogP contribution in [0, 0.1) is 12.7 Å². The van der Waals surface area contributed by atoms with E-state index in [1.807, 2.05) is 49.4 Å². The fraction of sp³-hybridized carbons (Fsp3) is 0.240. The smallest absolute Gasteiger partial charge is 0.227 e. The normalized spacial score (nSPS) is 16.3. The summed E-state index contributed by atoms with van der Waals surface area (Å²) in [5.74, 6) is -0.568. The Morgan fingerprint density at radius 1 is 0.969 bits per heavy atom. The van der Waals surface area contributed by atoms with Gasteiger partial charge in [-0.15, -0.1) is 0 Å². The van der Waals surface area contributed by atoms with Crippen LogP contribution in [0.4, 0.5) is 10.1 Å². The third kappa shape index (κ3) is 5.03. The van der Waals surface area contributed by atoms with Crippen molar-refractivity contribution in [1.82, 2.24) is 4.90 Å². The molecule has 4 rings (SSSR count). The third-order valence-electron chi connectivity index (χ3n) is 5.75. The summed E-state index contributed by atoms with van der Waals surface area (Å²) in [4.78, 5) is 17.1. The first kappa shape index (κ1) is 22.9. The van der Waals surface area contributed by atoms with Crippen molar-refractivity contribution in [2.24, 2.45) is 0 Å². The van der Waals surface area contributed by atoms with Crippen LogP contribution in [-0.2, 0) is 11.2 Å². The molecule has 0 bridgehead atoms. The van der Waals surface area contributed by atoms with E-state index in [1.165, 1.54) is 18.2 Å². The van der Waals surface area contributed by atoms with Gasteiger partial charge in [0, 0.05) is 29.7 Å². The lowest BCUT2D eigenvalue weighted by Crippen LogP contribution is -2.51. The van der Waals surface area contributed by atoms with Gasteiger partial charge in [-0.2, -0.15) is 0 Å². The quantitative estimate of drug-likeness (QED) is 0.404. The number of amides is 1. The Morgan fingerprint density at radius 2 is 1.69 bits per heavy atom. The molecule has 0 spiro atoms. The van der Waals surface area contributed by atoms with Gasteiger partial charge in [0.2, 0.25) is 5.91 Å². The molecule has 32 heavy (non-hydrogen) atoms. The van der Waals surface area contributed by atoms with Crippen molar-refractivity contribution in [3.05, 3.63) is 98.2 Å². The number of nitrogens with zero attached hydrogens (tertiary/aromatic N) is 2. The van der Waals surface area contributed by atoms with Crippen molar-refractivity contribution in [3.63, 3.8) is 0 Å². The first-order valence-corrected chi connectivity index (χ1v) is 11.4. The summed E-state index contributed by atoms with van der Waals surface area (Å²) in [6.07, 6.45) is -0.0367. The molecular formula is C25H22Cl3FN2O. The zero-order valence-corrected chi connectivity index (χ0v) is 19.8. The second-order valence-corrected chi connectivity index (χ2v) is 9.25. The number of carbonyl (C=O) groups is 1. The van der Waals surface area contributed by atoms with E-state index in [0.717, 1.165) is 16.8 Å². The van der Waals surface area contributed by atoms with Gasteiger partial charge in [0.05, 0.1) is 23.2 Å². The summed E-state index contributed by atoms with van der Waals surface area (Å²) in [5, 5.41) is 1.73. The topological polar surface area (TPSA) is 23.6 Å². The predicted molar refractivity (Wildman–Crippen MR) is 129 cm³/mol. The van der Waals surface area contributed by atoms with Gasteiger partial charge in [0.15, 0.2) is 0 Å². The molecule has 1 aliphatic heterocycles. The molecule has 1 unspecified atom stereocenters. The van der Waals surface area contributed by atoms with E-state index in [0.29, 0.717) is 40.3 Å². The molecule has 3 aromatic rings.